The first-order chi connectivity index (χ1) is 15.1. The standard InChI is InChI=1S/C23H23FN6O/c1-15-10-11-21-16(12-15)13-17(22-26-27-28-30(21)22)14-29(18-6-2-3-7-18)23(31)25-20-9-5-4-8-19(20)24/h4-5,8-13,18H,2-3,6-7,14H2,1H3,(H,25,31). The van der Waals surface area contributed by atoms with Gasteiger partial charge >= 0.3 is 6.03 Å². The monoisotopic (exact) mass is 418 g/mol. The molecule has 0 atom stereocenters. The third kappa shape index (κ3) is 3.69. The lowest BCUT2D eigenvalue weighted by Crippen LogP contribution is -2.41. The maximum Gasteiger partial charge on any atom is 0.322 e. The first kappa shape index (κ1) is 19.4. The predicted molar refractivity (Wildman–Crippen MR) is 116 cm³/mol. The Hall–Kier alpha value is -3.55. The minimum Gasteiger partial charge on any atom is -0.317 e. The van der Waals surface area contributed by atoms with Gasteiger partial charge in [0.05, 0.1) is 17.7 Å². The van der Waals surface area contributed by atoms with Crippen molar-refractivity contribution >= 4 is 28.3 Å². The van der Waals surface area contributed by atoms with Gasteiger partial charge in [-0.15, -0.1) is 5.10 Å². The maximum absolute atomic E-state index is 14.1. The van der Waals surface area contributed by atoms with E-state index in [0.717, 1.165) is 47.7 Å². The van der Waals surface area contributed by atoms with Crippen molar-refractivity contribution < 1.29 is 9.18 Å². The fraction of sp³-hybridized carbons (Fsp3) is 0.304. The number of benzene rings is 2. The van der Waals surface area contributed by atoms with E-state index in [0.29, 0.717) is 12.2 Å². The van der Waals surface area contributed by atoms with Crippen LogP contribution in [0.25, 0.3) is 16.6 Å². The predicted octanol–water partition coefficient (Wildman–Crippen LogP) is 4.70. The van der Waals surface area contributed by atoms with Crippen molar-refractivity contribution in [3.05, 3.63) is 65.5 Å². The molecule has 0 spiro atoms. The number of carbonyl (C=O) groups excluding carboxylic acids is 1. The van der Waals surface area contributed by atoms with Gasteiger partial charge in [-0.2, -0.15) is 4.52 Å². The molecule has 1 aliphatic carbocycles. The zero-order valence-electron chi connectivity index (χ0n) is 17.3. The van der Waals surface area contributed by atoms with Crippen LogP contribution in [0.2, 0.25) is 0 Å². The number of carbonyl (C=O) groups is 1. The van der Waals surface area contributed by atoms with Crippen LogP contribution in [0.4, 0.5) is 14.9 Å². The lowest BCUT2D eigenvalue weighted by atomic mass is 10.1. The van der Waals surface area contributed by atoms with Gasteiger partial charge in [0, 0.05) is 17.0 Å². The van der Waals surface area contributed by atoms with Crippen molar-refractivity contribution in [2.24, 2.45) is 0 Å². The highest BCUT2D eigenvalue weighted by molar-refractivity contribution is 5.90. The van der Waals surface area contributed by atoms with Crippen LogP contribution >= 0.6 is 0 Å². The van der Waals surface area contributed by atoms with E-state index in [4.69, 9.17) is 0 Å². The van der Waals surface area contributed by atoms with Crippen LogP contribution in [-0.2, 0) is 6.54 Å². The molecule has 2 aromatic heterocycles. The van der Waals surface area contributed by atoms with E-state index in [1.54, 1.807) is 27.6 Å². The number of aryl methyl sites for hydroxylation is 1. The first-order valence-electron chi connectivity index (χ1n) is 10.5. The number of rotatable bonds is 4. The van der Waals surface area contributed by atoms with Crippen LogP contribution in [0.15, 0.2) is 48.5 Å². The van der Waals surface area contributed by atoms with E-state index in [9.17, 15) is 9.18 Å². The second-order valence-electron chi connectivity index (χ2n) is 8.12. The van der Waals surface area contributed by atoms with E-state index in [2.05, 4.69) is 26.9 Å². The largest absolute Gasteiger partial charge is 0.322 e. The summed E-state index contributed by atoms with van der Waals surface area (Å²) in [6, 6.07) is 14.1. The number of anilines is 1. The zero-order valence-corrected chi connectivity index (χ0v) is 17.3. The summed E-state index contributed by atoms with van der Waals surface area (Å²) >= 11 is 0. The van der Waals surface area contributed by atoms with Crippen LogP contribution in [-0.4, -0.2) is 37.0 Å². The molecule has 31 heavy (non-hydrogen) atoms. The van der Waals surface area contributed by atoms with Crippen molar-refractivity contribution in [2.45, 2.75) is 45.2 Å². The molecule has 8 heteroatoms. The molecule has 2 aromatic carbocycles. The summed E-state index contributed by atoms with van der Waals surface area (Å²) in [5.41, 5.74) is 3.71. The number of nitrogens with zero attached hydrogens (tertiary/aromatic N) is 5. The summed E-state index contributed by atoms with van der Waals surface area (Å²) in [5, 5.41) is 16.0. The summed E-state index contributed by atoms with van der Waals surface area (Å²) in [6.07, 6.45) is 4.01. The molecule has 1 aliphatic rings. The molecule has 0 aliphatic heterocycles. The third-order valence-electron chi connectivity index (χ3n) is 5.98. The van der Waals surface area contributed by atoms with E-state index in [1.165, 1.54) is 6.07 Å². The number of hydrogen-bond acceptors (Lipinski definition) is 4. The van der Waals surface area contributed by atoms with Gasteiger partial charge in [-0.25, -0.2) is 9.18 Å². The van der Waals surface area contributed by atoms with E-state index >= 15 is 0 Å². The Bertz CT molecular complexity index is 1260. The summed E-state index contributed by atoms with van der Waals surface area (Å²) in [4.78, 5) is 15.0. The summed E-state index contributed by atoms with van der Waals surface area (Å²) in [7, 11) is 0. The van der Waals surface area contributed by atoms with Gasteiger partial charge in [-0.1, -0.05) is 36.6 Å². The second-order valence-corrected chi connectivity index (χ2v) is 8.12. The molecular formula is C23H23FN6O. The summed E-state index contributed by atoms with van der Waals surface area (Å²) < 4.78 is 15.8. The van der Waals surface area contributed by atoms with Gasteiger partial charge in [0.1, 0.15) is 5.82 Å². The van der Waals surface area contributed by atoms with Crippen molar-refractivity contribution in [3.8, 4) is 0 Å². The average Bonchev–Trinajstić information content (AvgIpc) is 3.45. The number of nitrogens with one attached hydrogen (secondary N) is 1. The van der Waals surface area contributed by atoms with Crippen LogP contribution < -0.4 is 5.32 Å². The second kappa shape index (κ2) is 7.94. The SMILES string of the molecule is Cc1ccc2c(c1)cc(CN(C(=O)Nc1ccccc1F)C1CCCC1)c1nnnn12. The van der Waals surface area contributed by atoms with Crippen molar-refractivity contribution in [3.63, 3.8) is 0 Å². The number of para-hydroxylation sites is 1. The van der Waals surface area contributed by atoms with Crippen LogP contribution in [0.1, 0.15) is 36.8 Å². The Morgan fingerprint density at radius 3 is 2.81 bits per heavy atom. The minimum atomic E-state index is -0.451. The number of fused-ring (bicyclic) bond motifs is 3. The normalized spacial score (nSPS) is 14.4. The molecule has 0 bridgehead atoms. The van der Waals surface area contributed by atoms with Crippen molar-refractivity contribution in [2.75, 3.05) is 5.32 Å². The first-order valence-corrected chi connectivity index (χ1v) is 10.5. The number of pyridine rings is 1. The van der Waals surface area contributed by atoms with E-state index in [1.807, 2.05) is 25.1 Å². The fourth-order valence-corrected chi connectivity index (χ4v) is 4.42. The molecule has 1 fully saturated rings. The number of aromatic nitrogens is 4. The van der Waals surface area contributed by atoms with Gasteiger partial charge in [0.2, 0.25) is 0 Å². The number of hydrogen-bond donors (Lipinski definition) is 1. The maximum atomic E-state index is 14.1. The number of halogens is 1. The molecule has 0 radical (unpaired) electrons. The molecule has 4 aromatic rings. The third-order valence-corrected chi connectivity index (χ3v) is 5.98. The fourth-order valence-electron chi connectivity index (χ4n) is 4.42. The van der Waals surface area contributed by atoms with Crippen LogP contribution in [0.5, 0.6) is 0 Å². The summed E-state index contributed by atoms with van der Waals surface area (Å²) in [5.74, 6) is -0.451. The molecule has 2 heterocycles. The molecule has 7 nitrogen and oxygen atoms in total. The molecule has 2 amide bonds. The number of tetrazole rings is 1. The molecule has 1 N–H and O–H groups in total. The van der Waals surface area contributed by atoms with Crippen molar-refractivity contribution in [1.29, 1.82) is 0 Å². The van der Waals surface area contributed by atoms with E-state index in [-0.39, 0.29) is 17.8 Å². The molecule has 1 saturated carbocycles. The molecule has 158 valence electrons. The van der Waals surface area contributed by atoms with Gasteiger partial charge in [0.25, 0.3) is 0 Å². The lowest BCUT2D eigenvalue weighted by molar-refractivity contribution is 0.184. The molecule has 0 saturated heterocycles. The Labute approximate surface area is 178 Å². The highest BCUT2D eigenvalue weighted by Gasteiger charge is 2.28. The van der Waals surface area contributed by atoms with Gasteiger partial charge in [-0.05, 0) is 60.5 Å². The number of urea groups is 1. The Morgan fingerprint density at radius 1 is 1.19 bits per heavy atom. The number of amides is 2. The topological polar surface area (TPSA) is 75.4 Å². The highest BCUT2D eigenvalue weighted by Crippen LogP contribution is 2.28. The van der Waals surface area contributed by atoms with Crippen molar-refractivity contribution in [1.82, 2.24) is 24.9 Å². The van der Waals surface area contributed by atoms with Gasteiger partial charge in [0.15, 0.2) is 5.65 Å². The van der Waals surface area contributed by atoms with Gasteiger partial charge in [-0.3, -0.25) is 0 Å². The smallest absolute Gasteiger partial charge is 0.317 e. The molecule has 5 rings (SSSR count). The highest BCUT2D eigenvalue weighted by atomic mass is 19.1. The average molecular weight is 418 g/mol. The Morgan fingerprint density at radius 2 is 2.00 bits per heavy atom. The zero-order chi connectivity index (χ0) is 21.4. The quantitative estimate of drug-likeness (QED) is 0.521. The Kier molecular flexibility index (Phi) is 4.97. The Balaban J connectivity index is 1.53. The lowest BCUT2D eigenvalue weighted by Gasteiger charge is -2.29. The minimum absolute atomic E-state index is 0.0934. The van der Waals surface area contributed by atoms with Crippen LogP contribution in [0.3, 0.4) is 0 Å². The molecular weight excluding hydrogens is 395 g/mol. The van der Waals surface area contributed by atoms with Gasteiger partial charge < -0.3 is 10.2 Å². The van der Waals surface area contributed by atoms with E-state index < -0.39 is 5.82 Å². The summed E-state index contributed by atoms with van der Waals surface area (Å²) in [6.45, 7) is 2.38. The van der Waals surface area contributed by atoms with Crippen LogP contribution in [0, 0.1) is 12.7 Å². The molecule has 0 unspecified atom stereocenters.